The molecular formula is C14H23N3O2S. The van der Waals surface area contributed by atoms with E-state index in [0.29, 0.717) is 6.61 Å². The fourth-order valence-electron chi connectivity index (χ4n) is 1.91. The van der Waals surface area contributed by atoms with Crippen LogP contribution in [0.3, 0.4) is 0 Å². The second kappa shape index (κ2) is 8.92. The molecule has 0 fully saturated rings. The van der Waals surface area contributed by atoms with Crippen molar-refractivity contribution in [1.29, 1.82) is 0 Å². The van der Waals surface area contributed by atoms with Gasteiger partial charge in [0.15, 0.2) is 0 Å². The molecule has 1 aromatic rings. The molecule has 1 N–H and O–H groups in total. The maximum absolute atomic E-state index is 12.0. The zero-order valence-electron chi connectivity index (χ0n) is 12.4. The Kier molecular flexibility index (Phi) is 7.54. The number of esters is 1. The quantitative estimate of drug-likeness (QED) is 0.326. The standard InChI is InChI=1S/C14H23N3O2S/c1-4-17-14(3,13(18)19-5-2)8-6-10-20-12-7-9-15-11-16-12/h7,9,11,17H,4-6,8,10H2,1-3H3. The van der Waals surface area contributed by atoms with E-state index in [9.17, 15) is 4.79 Å². The second-order valence-electron chi connectivity index (χ2n) is 4.58. The molecule has 0 amide bonds. The smallest absolute Gasteiger partial charge is 0.326 e. The highest BCUT2D eigenvalue weighted by Crippen LogP contribution is 2.20. The van der Waals surface area contributed by atoms with E-state index in [4.69, 9.17) is 4.74 Å². The van der Waals surface area contributed by atoms with Gasteiger partial charge in [-0.05, 0) is 45.1 Å². The lowest BCUT2D eigenvalue weighted by atomic mass is 9.96. The molecular weight excluding hydrogens is 274 g/mol. The molecule has 0 aliphatic rings. The SMILES string of the molecule is CCNC(C)(CCCSc1ccncn1)C(=O)OCC. The van der Waals surface area contributed by atoms with Gasteiger partial charge in [0.2, 0.25) is 0 Å². The molecule has 0 saturated heterocycles. The maximum atomic E-state index is 12.0. The van der Waals surface area contributed by atoms with Gasteiger partial charge in [0.25, 0.3) is 0 Å². The van der Waals surface area contributed by atoms with Crippen LogP contribution in [0.4, 0.5) is 0 Å². The number of nitrogens with zero attached hydrogens (tertiary/aromatic N) is 2. The highest BCUT2D eigenvalue weighted by molar-refractivity contribution is 7.99. The van der Waals surface area contributed by atoms with Crippen molar-refractivity contribution in [2.75, 3.05) is 18.9 Å². The topological polar surface area (TPSA) is 64.1 Å². The van der Waals surface area contributed by atoms with Crippen LogP contribution in [0.2, 0.25) is 0 Å². The van der Waals surface area contributed by atoms with E-state index in [1.165, 1.54) is 0 Å². The Hall–Kier alpha value is -1.14. The monoisotopic (exact) mass is 297 g/mol. The fraction of sp³-hybridized carbons (Fsp3) is 0.643. The Labute approximate surface area is 124 Å². The van der Waals surface area contributed by atoms with Gasteiger partial charge in [-0.1, -0.05) is 6.92 Å². The van der Waals surface area contributed by atoms with Crippen molar-refractivity contribution >= 4 is 17.7 Å². The van der Waals surface area contributed by atoms with Gasteiger partial charge in [0.05, 0.1) is 11.6 Å². The van der Waals surface area contributed by atoms with Crippen molar-refractivity contribution in [3.63, 3.8) is 0 Å². The molecule has 1 atom stereocenters. The van der Waals surface area contributed by atoms with Gasteiger partial charge in [-0.15, -0.1) is 11.8 Å². The number of carbonyl (C=O) groups is 1. The van der Waals surface area contributed by atoms with Crippen LogP contribution in [0.25, 0.3) is 0 Å². The Morgan fingerprint density at radius 3 is 2.90 bits per heavy atom. The van der Waals surface area contributed by atoms with E-state index in [1.807, 2.05) is 26.8 Å². The average Bonchev–Trinajstić information content (AvgIpc) is 2.45. The van der Waals surface area contributed by atoms with E-state index in [1.54, 1.807) is 24.3 Å². The Bertz CT molecular complexity index is 403. The summed E-state index contributed by atoms with van der Waals surface area (Å²) in [6.07, 6.45) is 4.94. The van der Waals surface area contributed by atoms with Crippen molar-refractivity contribution in [2.24, 2.45) is 0 Å². The van der Waals surface area contributed by atoms with Crippen LogP contribution in [0.1, 0.15) is 33.6 Å². The zero-order chi connectivity index (χ0) is 14.8. The molecule has 1 rings (SSSR count). The third-order valence-electron chi connectivity index (χ3n) is 2.92. The first kappa shape index (κ1) is 16.9. The van der Waals surface area contributed by atoms with Gasteiger partial charge in [0, 0.05) is 6.20 Å². The molecule has 0 aliphatic carbocycles. The molecule has 0 radical (unpaired) electrons. The molecule has 0 aliphatic heterocycles. The number of hydrogen-bond acceptors (Lipinski definition) is 6. The maximum Gasteiger partial charge on any atom is 0.326 e. The lowest BCUT2D eigenvalue weighted by Crippen LogP contribution is -2.50. The van der Waals surface area contributed by atoms with Gasteiger partial charge in [0.1, 0.15) is 11.9 Å². The zero-order valence-corrected chi connectivity index (χ0v) is 13.2. The number of rotatable bonds is 9. The number of thioether (sulfide) groups is 1. The first-order valence-corrected chi connectivity index (χ1v) is 7.92. The normalized spacial score (nSPS) is 13.8. The Morgan fingerprint density at radius 1 is 1.50 bits per heavy atom. The minimum absolute atomic E-state index is 0.172. The predicted molar refractivity (Wildman–Crippen MR) is 80.7 cm³/mol. The van der Waals surface area contributed by atoms with Crippen molar-refractivity contribution < 1.29 is 9.53 Å². The lowest BCUT2D eigenvalue weighted by molar-refractivity contribution is -0.150. The van der Waals surface area contributed by atoms with E-state index >= 15 is 0 Å². The van der Waals surface area contributed by atoms with Gasteiger partial charge < -0.3 is 10.1 Å². The predicted octanol–water partition coefficient (Wildman–Crippen LogP) is 2.28. The second-order valence-corrected chi connectivity index (χ2v) is 5.70. The first-order valence-electron chi connectivity index (χ1n) is 6.93. The van der Waals surface area contributed by atoms with Gasteiger partial charge in [-0.25, -0.2) is 9.97 Å². The van der Waals surface area contributed by atoms with Crippen LogP contribution in [-0.4, -0.2) is 40.4 Å². The Balaban J connectivity index is 2.41. The van der Waals surface area contributed by atoms with Gasteiger partial charge >= 0.3 is 5.97 Å². The van der Waals surface area contributed by atoms with E-state index in [0.717, 1.165) is 30.2 Å². The lowest BCUT2D eigenvalue weighted by Gasteiger charge is -2.28. The highest BCUT2D eigenvalue weighted by Gasteiger charge is 2.32. The van der Waals surface area contributed by atoms with Crippen molar-refractivity contribution in [3.8, 4) is 0 Å². The van der Waals surface area contributed by atoms with Crippen molar-refractivity contribution in [3.05, 3.63) is 18.6 Å². The minimum Gasteiger partial charge on any atom is -0.465 e. The number of aromatic nitrogens is 2. The summed E-state index contributed by atoms with van der Waals surface area (Å²) in [5.41, 5.74) is -0.600. The number of nitrogens with one attached hydrogen (secondary N) is 1. The minimum atomic E-state index is -0.600. The first-order chi connectivity index (χ1) is 9.62. The van der Waals surface area contributed by atoms with Gasteiger partial charge in [-0.2, -0.15) is 0 Å². The summed E-state index contributed by atoms with van der Waals surface area (Å²) in [7, 11) is 0. The van der Waals surface area contributed by atoms with Crippen LogP contribution in [0, 0.1) is 0 Å². The molecule has 0 aromatic carbocycles. The summed E-state index contributed by atoms with van der Waals surface area (Å²) in [6.45, 7) is 6.88. The summed E-state index contributed by atoms with van der Waals surface area (Å²) >= 11 is 1.67. The summed E-state index contributed by atoms with van der Waals surface area (Å²) in [4.78, 5) is 20.1. The fourth-order valence-corrected chi connectivity index (χ4v) is 2.69. The molecule has 1 aromatic heterocycles. The molecule has 6 heteroatoms. The molecule has 0 spiro atoms. The third-order valence-corrected chi connectivity index (χ3v) is 3.95. The van der Waals surface area contributed by atoms with Crippen LogP contribution in [-0.2, 0) is 9.53 Å². The van der Waals surface area contributed by atoms with E-state index < -0.39 is 5.54 Å². The summed E-state index contributed by atoms with van der Waals surface area (Å²) in [5.74, 6) is 0.742. The summed E-state index contributed by atoms with van der Waals surface area (Å²) < 4.78 is 5.15. The van der Waals surface area contributed by atoms with Gasteiger partial charge in [-0.3, -0.25) is 4.79 Å². The number of carbonyl (C=O) groups excluding carboxylic acids is 1. The molecule has 5 nitrogen and oxygen atoms in total. The van der Waals surface area contributed by atoms with Crippen LogP contribution in [0.15, 0.2) is 23.6 Å². The van der Waals surface area contributed by atoms with Crippen LogP contribution >= 0.6 is 11.8 Å². The van der Waals surface area contributed by atoms with Crippen molar-refractivity contribution in [2.45, 2.75) is 44.2 Å². The molecule has 0 saturated carbocycles. The van der Waals surface area contributed by atoms with E-state index in [2.05, 4.69) is 15.3 Å². The van der Waals surface area contributed by atoms with Crippen LogP contribution in [0.5, 0.6) is 0 Å². The molecule has 1 heterocycles. The van der Waals surface area contributed by atoms with Crippen molar-refractivity contribution in [1.82, 2.24) is 15.3 Å². The third kappa shape index (κ3) is 5.46. The number of ether oxygens (including phenoxy) is 1. The Morgan fingerprint density at radius 2 is 2.30 bits per heavy atom. The molecule has 20 heavy (non-hydrogen) atoms. The number of hydrogen-bond donors (Lipinski definition) is 1. The summed E-state index contributed by atoms with van der Waals surface area (Å²) in [5, 5.41) is 4.19. The summed E-state index contributed by atoms with van der Waals surface area (Å²) in [6, 6.07) is 1.89. The molecule has 1 unspecified atom stereocenters. The van der Waals surface area contributed by atoms with Crippen LogP contribution < -0.4 is 5.32 Å². The largest absolute Gasteiger partial charge is 0.465 e. The average molecular weight is 297 g/mol. The number of likely N-dealkylation sites (N-methyl/N-ethyl adjacent to an activating group) is 1. The molecule has 112 valence electrons. The molecule has 0 bridgehead atoms. The highest BCUT2D eigenvalue weighted by atomic mass is 32.2. The van der Waals surface area contributed by atoms with E-state index in [-0.39, 0.29) is 5.97 Å².